The van der Waals surface area contributed by atoms with Crippen molar-refractivity contribution in [1.29, 1.82) is 0 Å². The molecule has 2 aliphatic carbocycles. The van der Waals surface area contributed by atoms with Crippen molar-refractivity contribution in [2.75, 3.05) is 33.5 Å². The number of hydrogen-bond acceptors (Lipinski definition) is 9. The molecule has 462 valence electrons. The van der Waals surface area contributed by atoms with Crippen molar-refractivity contribution in [3.8, 4) is 0 Å². The van der Waals surface area contributed by atoms with Crippen LogP contribution < -0.4 is 11.2 Å². The van der Waals surface area contributed by atoms with Crippen LogP contribution in [0.15, 0.2) is 132 Å². The summed E-state index contributed by atoms with van der Waals surface area (Å²) in [4.78, 5) is 28.5. The molecule has 2 amide bonds. The Labute approximate surface area is 482 Å². The third kappa shape index (κ3) is 19.2. The number of rotatable bonds is 16. The maximum absolute atomic E-state index is 13.4. The van der Waals surface area contributed by atoms with Gasteiger partial charge in [0.1, 0.15) is 6.54 Å². The Morgan fingerprint density at radius 2 is 1.05 bits per heavy atom. The van der Waals surface area contributed by atoms with Crippen LogP contribution in [0.2, 0.25) is 0 Å². The highest BCUT2D eigenvalue weighted by Gasteiger charge is 2.49. The number of ether oxygens (including phenoxy) is 3. The summed E-state index contributed by atoms with van der Waals surface area (Å²) < 4.78 is 176. The number of hydrazone groups is 1. The molecule has 4 aromatic rings. The van der Waals surface area contributed by atoms with E-state index in [2.05, 4.69) is 33.4 Å². The number of alkyl halides is 12. The Morgan fingerprint density at radius 1 is 0.679 bits per heavy atom. The average molecular weight is 1200 g/mol. The lowest BCUT2D eigenvalue weighted by molar-refractivity contribution is -0.145. The molecule has 0 bridgehead atoms. The van der Waals surface area contributed by atoms with E-state index in [4.69, 9.17) is 20.3 Å². The molecule has 11 nitrogen and oxygen atoms in total. The minimum absolute atomic E-state index is 0.0843. The van der Waals surface area contributed by atoms with Crippen LogP contribution in [0.4, 0.5) is 57.5 Å². The SMILES string of the molecule is C=CCC1(N)CCC(CO[C@H](C)c2cc(C(F)(F)F)cc(C(F)(F)F)c2)(c2ccccc2)CC1.C=CCC1(N2C=NCC2=O)CCC(CO[C@H](C)c2cc(C(F)(F)F)cc(C(F)(F)F)c2)(c2ccccc2)CC1.CC=NNC(=O)OC.CCO. The molecule has 7 rings (SSSR count). The summed E-state index contributed by atoms with van der Waals surface area (Å²) in [6.45, 7) is 14.5. The maximum Gasteiger partial charge on any atom is 0.427 e. The molecule has 1 heterocycles. The number of amides is 2. The van der Waals surface area contributed by atoms with Gasteiger partial charge in [-0.2, -0.15) is 57.8 Å². The van der Waals surface area contributed by atoms with Gasteiger partial charge in [-0.3, -0.25) is 14.7 Å². The van der Waals surface area contributed by atoms with Gasteiger partial charge in [-0.25, -0.2) is 10.2 Å². The molecule has 0 spiro atoms. The fraction of sp³-hybridized carbons (Fsp3) is 0.475. The van der Waals surface area contributed by atoms with Gasteiger partial charge in [0.05, 0.1) is 66.7 Å². The molecule has 0 aromatic heterocycles. The summed E-state index contributed by atoms with van der Waals surface area (Å²) in [5, 5.41) is 11.0. The maximum atomic E-state index is 13.4. The van der Waals surface area contributed by atoms with Gasteiger partial charge in [0.15, 0.2) is 0 Å². The van der Waals surface area contributed by atoms with Crippen LogP contribution >= 0.6 is 0 Å². The first-order valence-electron chi connectivity index (χ1n) is 27.0. The molecule has 4 N–H and O–H groups in total. The third-order valence-corrected chi connectivity index (χ3v) is 15.2. The van der Waals surface area contributed by atoms with E-state index in [1.807, 2.05) is 60.7 Å². The number of aliphatic imine (C=N–C) groups is 1. The number of nitrogens with one attached hydrogen (secondary N) is 1. The normalized spacial score (nSPS) is 22.5. The molecular weight excluding hydrogens is 1130 g/mol. The van der Waals surface area contributed by atoms with Gasteiger partial charge in [0.25, 0.3) is 0 Å². The summed E-state index contributed by atoms with van der Waals surface area (Å²) in [7, 11) is 1.28. The molecule has 0 unspecified atom stereocenters. The van der Waals surface area contributed by atoms with Crippen molar-refractivity contribution in [1.82, 2.24) is 10.3 Å². The van der Waals surface area contributed by atoms with Crippen molar-refractivity contribution >= 4 is 24.6 Å². The van der Waals surface area contributed by atoms with Crippen molar-refractivity contribution in [2.45, 2.75) is 151 Å². The molecule has 23 heteroatoms. The van der Waals surface area contributed by atoms with E-state index in [0.29, 0.717) is 76.3 Å². The molecule has 4 aromatic carbocycles. The third-order valence-electron chi connectivity index (χ3n) is 15.2. The van der Waals surface area contributed by atoms with Crippen LogP contribution in [0.25, 0.3) is 0 Å². The highest BCUT2D eigenvalue weighted by Crippen LogP contribution is 2.49. The van der Waals surface area contributed by atoms with Gasteiger partial charge >= 0.3 is 30.8 Å². The lowest BCUT2D eigenvalue weighted by atomic mass is 9.63. The zero-order chi connectivity index (χ0) is 62.8. The second kappa shape index (κ2) is 30.0. The molecule has 0 radical (unpaired) electrons. The number of hydrogen-bond donors (Lipinski definition) is 3. The lowest BCUT2D eigenvalue weighted by Gasteiger charge is -2.49. The van der Waals surface area contributed by atoms with Gasteiger partial charge in [-0.15, -0.1) is 13.2 Å². The van der Waals surface area contributed by atoms with E-state index in [1.165, 1.54) is 27.2 Å². The number of benzene rings is 4. The van der Waals surface area contributed by atoms with Gasteiger partial charge in [0, 0.05) is 29.2 Å². The minimum atomic E-state index is -4.94. The largest absolute Gasteiger partial charge is 0.452 e. The minimum Gasteiger partial charge on any atom is -0.452 e. The van der Waals surface area contributed by atoms with E-state index in [1.54, 1.807) is 37.2 Å². The Balaban J connectivity index is 0.000000308. The zero-order valence-corrected chi connectivity index (χ0v) is 47.5. The number of nitrogens with zero attached hydrogens (tertiary/aromatic N) is 3. The number of nitrogens with two attached hydrogens (primary N) is 1. The first kappa shape index (κ1) is 69.9. The highest BCUT2D eigenvalue weighted by molar-refractivity contribution is 5.95. The summed E-state index contributed by atoms with van der Waals surface area (Å²) >= 11 is 0. The van der Waals surface area contributed by atoms with Crippen molar-refractivity contribution in [3.63, 3.8) is 0 Å². The second-order valence-electron chi connectivity index (χ2n) is 21.0. The van der Waals surface area contributed by atoms with Crippen LogP contribution in [0.5, 0.6) is 0 Å². The molecule has 1 aliphatic heterocycles. The molecular formula is C61H73F12N5O6. The molecule has 0 saturated heterocycles. The summed E-state index contributed by atoms with van der Waals surface area (Å²) in [6, 6.07) is 22.3. The van der Waals surface area contributed by atoms with E-state index in [9.17, 15) is 62.3 Å². The average Bonchev–Trinajstić information content (AvgIpc) is 3.77. The predicted molar refractivity (Wildman–Crippen MR) is 297 cm³/mol. The number of carbonyl (C=O) groups is 2. The van der Waals surface area contributed by atoms with Gasteiger partial charge < -0.3 is 25.1 Å². The topological polar surface area (TPSA) is 148 Å². The Hall–Kier alpha value is -6.56. The monoisotopic (exact) mass is 1200 g/mol. The zero-order valence-electron chi connectivity index (χ0n) is 47.5. The molecule has 2 atom stereocenters. The fourth-order valence-corrected chi connectivity index (χ4v) is 10.4. The smallest absolute Gasteiger partial charge is 0.427 e. The second-order valence-corrected chi connectivity index (χ2v) is 21.0. The van der Waals surface area contributed by atoms with Crippen LogP contribution in [0, 0.1) is 0 Å². The van der Waals surface area contributed by atoms with Crippen LogP contribution in [0.3, 0.4) is 0 Å². The van der Waals surface area contributed by atoms with Crippen molar-refractivity contribution < 1.29 is 81.6 Å². The first-order chi connectivity index (χ1) is 39.3. The number of carbonyl (C=O) groups excluding carboxylic acids is 2. The fourth-order valence-electron chi connectivity index (χ4n) is 10.4. The first-order valence-corrected chi connectivity index (χ1v) is 27.0. The van der Waals surface area contributed by atoms with Crippen LogP contribution in [-0.4, -0.2) is 79.1 Å². The van der Waals surface area contributed by atoms with E-state index < -0.39 is 81.6 Å². The number of aliphatic hydroxyl groups is 1. The van der Waals surface area contributed by atoms with Crippen molar-refractivity contribution in [2.24, 2.45) is 15.8 Å². The van der Waals surface area contributed by atoms with Gasteiger partial charge in [0.2, 0.25) is 5.91 Å². The Bertz CT molecular complexity index is 2740. The molecule has 3 aliphatic rings. The molecule has 84 heavy (non-hydrogen) atoms. The van der Waals surface area contributed by atoms with Crippen molar-refractivity contribution in [3.05, 3.63) is 167 Å². The van der Waals surface area contributed by atoms with Gasteiger partial charge in [-0.05, 0) is 151 Å². The van der Waals surface area contributed by atoms with Crippen LogP contribution in [-0.2, 0) is 54.5 Å². The number of aliphatic hydroxyl groups excluding tert-OH is 1. The predicted octanol–water partition coefficient (Wildman–Crippen LogP) is 15.4. The molecule has 2 fully saturated rings. The van der Waals surface area contributed by atoms with E-state index in [-0.39, 0.29) is 61.1 Å². The molecule has 2 saturated carbocycles. The number of methoxy groups -OCH3 is 1. The highest BCUT2D eigenvalue weighted by atomic mass is 19.4. The van der Waals surface area contributed by atoms with E-state index in [0.717, 1.165) is 23.3 Å². The van der Waals surface area contributed by atoms with E-state index >= 15 is 0 Å². The summed E-state index contributed by atoms with van der Waals surface area (Å²) in [5.74, 6) is -0.0843. The summed E-state index contributed by atoms with van der Waals surface area (Å²) in [5.41, 5.74) is 2.92. The standard InChI is InChI=1S/C29H30F6N2O2.C26H29F6NO.C4H8N2O2.C2H6O/c1-3-9-27(37-19-36-17-25(37)38)12-10-26(11-13-27,22-7-5-4-6-8-22)18-39-20(2)21-14-23(28(30,31)32)16-24(15-21)29(33,34)35;1-3-9-24(33)12-10-23(11-13-24,20-7-5-4-6-8-20)17-34-18(2)19-14-21(25(27,28)29)16-22(15-19)26(30,31)32;1-3-5-6-4(7)8-2;1-2-3/h3-8,14-16,19-20H,1,9-13,17-18H2,2H3;3-8,14-16,18H,1,9-13,17,33H2,2H3;3H,1-2H3,(H,6,7);3H,2H2,1H3/t20-,26?,27?;18-,23?,24?;;/m11../s1. The van der Waals surface area contributed by atoms with Gasteiger partial charge in [-0.1, -0.05) is 72.8 Å². The quantitative estimate of drug-likeness (QED) is 0.0438. The number of halogens is 12. The Kier molecular flexibility index (Phi) is 25.0. The van der Waals surface area contributed by atoms with Crippen LogP contribution in [0.1, 0.15) is 149 Å². The lowest BCUT2D eigenvalue weighted by Crippen LogP contribution is -2.54. The Morgan fingerprint density at radius 3 is 1.36 bits per heavy atom. The summed E-state index contributed by atoms with van der Waals surface area (Å²) in [6.07, 6.45) is -9.24.